The fourth-order valence-electron chi connectivity index (χ4n) is 4.89. The van der Waals surface area contributed by atoms with Crippen LogP contribution in [-0.2, 0) is 19.3 Å². The molecule has 1 aliphatic rings. The summed E-state index contributed by atoms with van der Waals surface area (Å²) in [5.74, 6) is 0.710. The maximum Gasteiger partial charge on any atom is 0.283 e. The summed E-state index contributed by atoms with van der Waals surface area (Å²) in [5.41, 5.74) is 2.20. The van der Waals surface area contributed by atoms with Crippen molar-refractivity contribution >= 4 is 49.3 Å². The molecule has 0 aliphatic heterocycles. The van der Waals surface area contributed by atoms with Crippen LogP contribution in [0.15, 0.2) is 64.5 Å². The highest BCUT2D eigenvalue weighted by Crippen LogP contribution is 2.34. The van der Waals surface area contributed by atoms with Gasteiger partial charge in [-0.15, -0.1) is 11.3 Å². The summed E-state index contributed by atoms with van der Waals surface area (Å²) in [6.07, 6.45) is 6.86. The van der Waals surface area contributed by atoms with Crippen molar-refractivity contribution in [2.24, 2.45) is 5.10 Å². The molecule has 158 valence electrons. The molecular formula is C27H23N3OS. The van der Waals surface area contributed by atoms with Crippen LogP contribution in [0.5, 0.6) is 0 Å². The van der Waals surface area contributed by atoms with Crippen LogP contribution in [0.1, 0.15) is 41.6 Å². The van der Waals surface area contributed by atoms with E-state index < -0.39 is 0 Å². The van der Waals surface area contributed by atoms with E-state index in [-0.39, 0.29) is 5.56 Å². The normalized spacial score (nSPS) is 14.0. The third kappa shape index (κ3) is 3.00. The molecule has 6 rings (SSSR count). The molecule has 0 spiro atoms. The van der Waals surface area contributed by atoms with Crippen molar-refractivity contribution in [2.45, 2.75) is 39.0 Å². The van der Waals surface area contributed by atoms with Crippen molar-refractivity contribution in [1.82, 2.24) is 9.66 Å². The van der Waals surface area contributed by atoms with Gasteiger partial charge in [-0.05, 0) is 58.9 Å². The predicted molar refractivity (Wildman–Crippen MR) is 134 cm³/mol. The van der Waals surface area contributed by atoms with Crippen LogP contribution >= 0.6 is 11.3 Å². The topological polar surface area (TPSA) is 47.2 Å². The van der Waals surface area contributed by atoms with Gasteiger partial charge in [0.15, 0.2) is 0 Å². The molecule has 32 heavy (non-hydrogen) atoms. The van der Waals surface area contributed by atoms with Crippen LogP contribution in [-0.4, -0.2) is 15.9 Å². The molecule has 0 N–H and O–H groups in total. The minimum atomic E-state index is -0.0351. The van der Waals surface area contributed by atoms with Gasteiger partial charge in [0.25, 0.3) is 5.56 Å². The Bertz CT molecular complexity index is 1540. The van der Waals surface area contributed by atoms with Crippen LogP contribution in [0.2, 0.25) is 0 Å². The molecule has 3 aromatic carbocycles. The number of hydrogen-bond acceptors (Lipinski definition) is 4. The van der Waals surface area contributed by atoms with Crippen LogP contribution in [0, 0.1) is 0 Å². The van der Waals surface area contributed by atoms with E-state index in [1.807, 2.05) is 25.3 Å². The van der Waals surface area contributed by atoms with Gasteiger partial charge in [-0.25, -0.2) is 4.98 Å². The van der Waals surface area contributed by atoms with Gasteiger partial charge in [0, 0.05) is 16.9 Å². The maximum atomic E-state index is 13.6. The van der Waals surface area contributed by atoms with E-state index in [2.05, 4.69) is 42.5 Å². The van der Waals surface area contributed by atoms with Gasteiger partial charge in [0.1, 0.15) is 10.7 Å². The molecule has 1 aliphatic carbocycles. The smallest absolute Gasteiger partial charge is 0.267 e. The van der Waals surface area contributed by atoms with Gasteiger partial charge in [-0.2, -0.15) is 9.78 Å². The lowest BCUT2D eigenvalue weighted by atomic mass is 9.97. The van der Waals surface area contributed by atoms with Gasteiger partial charge in [0.05, 0.1) is 11.6 Å². The predicted octanol–water partition coefficient (Wildman–Crippen LogP) is 6.09. The second kappa shape index (κ2) is 7.68. The Morgan fingerprint density at radius 3 is 2.44 bits per heavy atom. The minimum absolute atomic E-state index is 0.0351. The Morgan fingerprint density at radius 2 is 1.72 bits per heavy atom. The third-order valence-electron chi connectivity index (χ3n) is 6.47. The summed E-state index contributed by atoms with van der Waals surface area (Å²) in [5, 5.41) is 10.1. The quantitative estimate of drug-likeness (QED) is 0.253. The van der Waals surface area contributed by atoms with Gasteiger partial charge < -0.3 is 0 Å². The lowest BCUT2D eigenvalue weighted by Gasteiger charge is -2.11. The molecule has 0 fully saturated rings. The summed E-state index contributed by atoms with van der Waals surface area (Å²) < 4.78 is 1.53. The number of aryl methyl sites for hydroxylation is 3. The number of fused-ring (bicyclic) bond motifs is 5. The van der Waals surface area contributed by atoms with Crippen molar-refractivity contribution in [3.8, 4) is 0 Å². The van der Waals surface area contributed by atoms with Gasteiger partial charge >= 0.3 is 0 Å². The lowest BCUT2D eigenvalue weighted by Crippen LogP contribution is -2.22. The number of thiophene rings is 1. The van der Waals surface area contributed by atoms with Crippen LogP contribution in [0.4, 0.5) is 0 Å². The van der Waals surface area contributed by atoms with E-state index >= 15 is 0 Å². The molecule has 0 atom stereocenters. The van der Waals surface area contributed by atoms with Crippen molar-refractivity contribution in [3.63, 3.8) is 0 Å². The molecular weight excluding hydrogens is 414 g/mol. The molecule has 5 aromatic rings. The summed E-state index contributed by atoms with van der Waals surface area (Å²) in [6.45, 7) is 2.03. The average molecular weight is 438 g/mol. The van der Waals surface area contributed by atoms with E-state index in [0.29, 0.717) is 12.2 Å². The number of benzene rings is 3. The van der Waals surface area contributed by atoms with E-state index in [9.17, 15) is 4.79 Å². The molecule has 0 radical (unpaired) electrons. The first kappa shape index (κ1) is 19.4. The molecule has 2 heterocycles. The van der Waals surface area contributed by atoms with Gasteiger partial charge in [0.2, 0.25) is 0 Å². The Hall–Kier alpha value is -3.31. The van der Waals surface area contributed by atoms with Crippen LogP contribution < -0.4 is 5.56 Å². The second-order valence-electron chi connectivity index (χ2n) is 8.37. The molecule has 5 heteroatoms. The molecule has 0 bridgehead atoms. The fourth-order valence-corrected chi connectivity index (χ4v) is 6.16. The highest BCUT2D eigenvalue weighted by Gasteiger charge is 2.21. The standard InChI is InChI=1S/C27H23N3OS/c1-2-24-29-26-25(21-13-7-8-14-23(21)32-26)27(31)30(24)28-16-22-19-11-5-3-9-17(19)15-18-10-4-6-12-20(18)22/h3-6,9-12,15-16H,2,7-8,13-14H2,1H3/b28-16+. The van der Waals surface area contributed by atoms with Crippen LogP contribution in [0.25, 0.3) is 31.8 Å². The molecule has 0 unspecified atom stereocenters. The van der Waals surface area contributed by atoms with E-state index in [0.717, 1.165) is 56.6 Å². The zero-order chi connectivity index (χ0) is 21.7. The van der Waals surface area contributed by atoms with Crippen molar-refractivity contribution in [3.05, 3.63) is 86.8 Å². The second-order valence-corrected chi connectivity index (χ2v) is 9.45. The van der Waals surface area contributed by atoms with E-state index in [1.165, 1.54) is 21.5 Å². The first-order valence-corrected chi connectivity index (χ1v) is 12.1. The Labute approximate surface area is 189 Å². The number of hydrogen-bond donors (Lipinski definition) is 0. The highest BCUT2D eigenvalue weighted by atomic mass is 32.1. The summed E-state index contributed by atoms with van der Waals surface area (Å²) in [7, 11) is 0. The zero-order valence-corrected chi connectivity index (χ0v) is 18.8. The van der Waals surface area contributed by atoms with Crippen molar-refractivity contribution in [2.75, 3.05) is 0 Å². The summed E-state index contributed by atoms with van der Waals surface area (Å²) in [4.78, 5) is 20.7. The van der Waals surface area contributed by atoms with Gasteiger partial charge in [-0.3, -0.25) is 4.79 Å². The third-order valence-corrected chi connectivity index (χ3v) is 7.65. The summed E-state index contributed by atoms with van der Waals surface area (Å²) in [6, 6.07) is 18.9. The number of nitrogens with zero attached hydrogens (tertiary/aromatic N) is 3. The van der Waals surface area contributed by atoms with Crippen molar-refractivity contribution < 1.29 is 0 Å². The Balaban J connectivity index is 1.60. The first-order valence-electron chi connectivity index (χ1n) is 11.3. The van der Waals surface area contributed by atoms with E-state index in [4.69, 9.17) is 10.1 Å². The van der Waals surface area contributed by atoms with Gasteiger partial charge in [-0.1, -0.05) is 55.5 Å². The van der Waals surface area contributed by atoms with Crippen molar-refractivity contribution in [1.29, 1.82) is 0 Å². The lowest BCUT2D eigenvalue weighted by molar-refractivity contribution is 0.696. The zero-order valence-electron chi connectivity index (χ0n) is 18.0. The highest BCUT2D eigenvalue weighted by molar-refractivity contribution is 7.18. The van der Waals surface area contributed by atoms with Crippen LogP contribution in [0.3, 0.4) is 0 Å². The fraction of sp³-hybridized carbons (Fsp3) is 0.222. The Morgan fingerprint density at radius 1 is 1.03 bits per heavy atom. The molecule has 0 amide bonds. The maximum absolute atomic E-state index is 13.6. The minimum Gasteiger partial charge on any atom is -0.267 e. The monoisotopic (exact) mass is 437 g/mol. The SMILES string of the molecule is CCc1nc2sc3c(c2c(=O)n1/N=C/c1c2ccccc2cc2ccccc12)CCCC3. The molecule has 4 nitrogen and oxygen atoms in total. The molecule has 2 aromatic heterocycles. The summed E-state index contributed by atoms with van der Waals surface area (Å²) >= 11 is 1.69. The van der Waals surface area contributed by atoms with E-state index in [1.54, 1.807) is 11.3 Å². The largest absolute Gasteiger partial charge is 0.283 e. The number of rotatable bonds is 3. The molecule has 0 saturated carbocycles. The Kier molecular flexibility index (Phi) is 4.65. The molecule has 0 saturated heterocycles. The number of aromatic nitrogens is 2. The average Bonchev–Trinajstić information content (AvgIpc) is 3.21. The first-order chi connectivity index (χ1) is 15.7.